The summed E-state index contributed by atoms with van der Waals surface area (Å²) in [5.41, 5.74) is 2.45. The standard InChI is InChI=1S/C11H15N5/c1-3-16(4-2)6-5-9-10-11(14-7-12-9)15-8-13-10/h5-8H,3-4H2,1-2H3,(H,12,13,14,15)/b6-5+. The molecule has 0 amide bonds. The Kier molecular flexibility index (Phi) is 3.14. The molecule has 84 valence electrons. The predicted octanol–water partition coefficient (Wildman–Crippen LogP) is 1.67. The maximum Gasteiger partial charge on any atom is 0.181 e. The first-order chi connectivity index (χ1) is 7.85. The first-order valence-corrected chi connectivity index (χ1v) is 5.41. The van der Waals surface area contributed by atoms with Gasteiger partial charge in [-0.3, -0.25) is 0 Å². The molecule has 0 unspecified atom stereocenters. The lowest BCUT2D eigenvalue weighted by Crippen LogP contribution is -2.14. The lowest BCUT2D eigenvalue weighted by Gasteiger charge is -2.14. The molecular weight excluding hydrogens is 202 g/mol. The van der Waals surface area contributed by atoms with Crippen molar-refractivity contribution < 1.29 is 0 Å². The molecule has 2 aromatic rings. The molecule has 0 spiro atoms. The van der Waals surface area contributed by atoms with Crippen molar-refractivity contribution in [2.24, 2.45) is 0 Å². The van der Waals surface area contributed by atoms with Gasteiger partial charge in [-0.15, -0.1) is 0 Å². The number of aromatic nitrogens is 4. The summed E-state index contributed by atoms with van der Waals surface area (Å²) in [5, 5.41) is 0. The number of fused-ring (bicyclic) bond motifs is 1. The van der Waals surface area contributed by atoms with Crippen molar-refractivity contribution >= 4 is 17.2 Å². The predicted molar refractivity (Wildman–Crippen MR) is 63.6 cm³/mol. The minimum atomic E-state index is 0.703. The van der Waals surface area contributed by atoms with Crippen LogP contribution in [0.1, 0.15) is 19.5 Å². The highest BCUT2D eigenvalue weighted by molar-refractivity contribution is 5.78. The second-order valence-corrected chi connectivity index (χ2v) is 3.40. The van der Waals surface area contributed by atoms with E-state index in [1.165, 1.54) is 6.33 Å². The number of H-pyrrole nitrogens is 1. The minimum Gasteiger partial charge on any atom is -0.378 e. The number of aromatic amines is 1. The van der Waals surface area contributed by atoms with Crippen molar-refractivity contribution in [3.63, 3.8) is 0 Å². The van der Waals surface area contributed by atoms with E-state index in [-0.39, 0.29) is 0 Å². The van der Waals surface area contributed by atoms with Crippen LogP contribution in [0.4, 0.5) is 0 Å². The molecule has 2 aromatic heterocycles. The van der Waals surface area contributed by atoms with Gasteiger partial charge in [0, 0.05) is 19.3 Å². The Morgan fingerprint density at radius 2 is 2.06 bits per heavy atom. The van der Waals surface area contributed by atoms with Crippen LogP contribution in [0.3, 0.4) is 0 Å². The zero-order valence-electron chi connectivity index (χ0n) is 9.51. The third-order valence-corrected chi connectivity index (χ3v) is 2.51. The van der Waals surface area contributed by atoms with Crippen LogP contribution in [0, 0.1) is 0 Å². The molecule has 0 saturated carbocycles. The molecule has 0 aliphatic rings. The van der Waals surface area contributed by atoms with Crippen LogP contribution >= 0.6 is 0 Å². The number of rotatable bonds is 4. The maximum absolute atomic E-state index is 4.22. The van der Waals surface area contributed by atoms with E-state index >= 15 is 0 Å². The Hall–Kier alpha value is -1.91. The highest BCUT2D eigenvalue weighted by Crippen LogP contribution is 2.10. The largest absolute Gasteiger partial charge is 0.378 e. The van der Waals surface area contributed by atoms with Crippen molar-refractivity contribution in [2.75, 3.05) is 13.1 Å². The Morgan fingerprint density at radius 1 is 1.25 bits per heavy atom. The van der Waals surface area contributed by atoms with Crippen molar-refractivity contribution in [2.45, 2.75) is 13.8 Å². The third kappa shape index (κ3) is 2.03. The smallest absolute Gasteiger partial charge is 0.181 e. The molecular formula is C11H15N5. The first-order valence-electron chi connectivity index (χ1n) is 5.41. The Balaban J connectivity index is 2.30. The van der Waals surface area contributed by atoms with Gasteiger partial charge in [0.05, 0.1) is 12.0 Å². The highest BCUT2D eigenvalue weighted by atomic mass is 15.1. The molecule has 2 rings (SSSR count). The summed E-state index contributed by atoms with van der Waals surface area (Å²) < 4.78 is 0. The fourth-order valence-electron chi connectivity index (χ4n) is 1.52. The van der Waals surface area contributed by atoms with Gasteiger partial charge in [-0.2, -0.15) is 0 Å². The van der Waals surface area contributed by atoms with Gasteiger partial charge in [-0.05, 0) is 19.9 Å². The topological polar surface area (TPSA) is 57.7 Å². The van der Waals surface area contributed by atoms with E-state index in [1.807, 2.05) is 12.3 Å². The zero-order chi connectivity index (χ0) is 11.4. The van der Waals surface area contributed by atoms with Gasteiger partial charge in [0.25, 0.3) is 0 Å². The number of hydrogen-bond donors (Lipinski definition) is 1. The molecule has 0 fully saturated rings. The van der Waals surface area contributed by atoms with Crippen LogP contribution in [0.25, 0.3) is 17.2 Å². The van der Waals surface area contributed by atoms with Crippen LogP contribution in [0.5, 0.6) is 0 Å². The quantitative estimate of drug-likeness (QED) is 0.846. The zero-order valence-corrected chi connectivity index (χ0v) is 9.51. The summed E-state index contributed by atoms with van der Waals surface area (Å²) in [4.78, 5) is 17.6. The molecule has 0 saturated heterocycles. The Morgan fingerprint density at radius 3 is 2.81 bits per heavy atom. The van der Waals surface area contributed by atoms with E-state index in [0.717, 1.165) is 24.3 Å². The summed E-state index contributed by atoms with van der Waals surface area (Å²) in [6.45, 7) is 6.23. The number of hydrogen-bond acceptors (Lipinski definition) is 4. The van der Waals surface area contributed by atoms with Crippen LogP contribution < -0.4 is 0 Å². The molecule has 0 aromatic carbocycles. The summed E-state index contributed by atoms with van der Waals surface area (Å²) in [5.74, 6) is 0. The Labute approximate surface area is 94.2 Å². The summed E-state index contributed by atoms with van der Waals surface area (Å²) >= 11 is 0. The monoisotopic (exact) mass is 217 g/mol. The molecule has 0 aliphatic heterocycles. The summed E-state index contributed by atoms with van der Waals surface area (Å²) in [6, 6.07) is 0. The first kappa shape index (κ1) is 10.6. The van der Waals surface area contributed by atoms with Gasteiger partial charge in [-0.1, -0.05) is 0 Å². The van der Waals surface area contributed by atoms with E-state index in [4.69, 9.17) is 0 Å². The maximum atomic E-state index is 4.22. The van der Waals surface area contributed by atoms with Crippen LogP contribution in [0.15, 0.2) is 18.9 Å². The highest BCUT2D eigenvalue weighted by Gasteiger charge is 2.02. The number of imidazole rings is 1. The number of nitrogens with one attached hydrogen (secondary N) is 1. The molecule has 5 heteroatoms. The van der Waals surface area contributed by atoms with E-state index in [0.29, 0.717) is 5.65 Å². The molecule has 0 atom stereocenters. The van der Waals surface area contributed by atoms with E-state index in [1.54, 1.807) is 6.33 Å². The lowest BCUT2D eigenvalue weighted by molar-refractivity contribution is 0.421. The van der Waals surface area contributed by atoms with Gasteiger partial charge < -0.3 is 9.88 Å². The second-order valence-electron chi connectivity index (χ2n) is 3.40. The van der Waals surface area contributed by atoms with E-state index in [2.05, 4.69) is 38.7 Å². The molecule has 0 aliphatic carbocycles. The van der Waals surface area contributed by atoms with Gasteiger partial charge in [0.1, 0.15) is 11.8 Å². The fraction of sp³-hybridized carbons (Fsp3) is 0.364. The summed E-state index contributed by atoms with van der Waals surface area (Å²) in [7, 11) is 0. The van der Waals surface area contributed by atoms with Crippen molar-refractivity contribution in [1.82, 2.24) is 24.8 Å². The van der Waals surface area contributed by atoms with Gasteiger partial charge in [-0.25, -0.2) is 15.0 Å². The van der Waals surface area contributed by atoms with Crippen molar-refractivity contribution in [3.8, 4) is 0 Å². The molecule has 0 radical (unpaired) electrons. The van der Waals surface area contributed by atoms with Gasteiger partial charge >= 0.3 is 0 Å². The molecule has 0 bridgehead atoms. The van der Waals surface area contributed by atoms with Gasteiger partial charge in [0.15, 0.2) is 5.65 Å². The number of nitrogens with zero attached hydrogens (tertiary/aromatic N) is 4. The molecule has 1 N–H and O–H groups in total. The molecule has 16 heavy (non-hydrogen) atoms. The van der Waals surface area contributed by atoms with Crippen molar-refractivity contribution in [3.05, 3.63) is 24.5 Å². The minimum absolute atomic E-state index is 0.703. The van der Waals surface area contributed by atoms with Crippen LogP contribution in [-0.2, 0) is 0 Å². The molecule has 5 nitrogen and oxygen atoms in total. The third-order valence-electron chi connectivity index (χ3n) is 2.51. The van der Waals surface area contributed by atoms with Gasteiger partial charge in [0.2, 0.25) is 0 Å². The second kappa shape index (κ2) is 4.74. The fourth-order valence-corrected chi connectivity index (χ4v) is 1.52. The van der Waals surface area contributed by atoms with Crippen molar-refractivity contribution in [1.29, 1.82) is 0 Å². The average Bonchev–Trinajstić information content (AvgIpc) is 2.79. The summed E-state index contributed by atoms with van der Waals surface area (Å²) in [6.07, 6.45) is 7.19. The lowest BCUT2D eigenvalue weighted by atomic mass is 10.3. The van der Waals surface area contributed by atoms with Crippen LogP contribution in [-0.4, -0.2) is 37.9 Å². The normalized spacial score (nSPS) is 11.4. The molecule has 2 heterocycles. The Bertz CT molecular complexity index is 484. The van der Waals surface area contributed by atoms with Crippen LogP contribution in [0.2, 0.25) is 0 Å². The van der Waals surface area contributed by atoms with E-state index in [9.17, 15) is 0 Å². The SMILES string of the molecule is CCN(/C=C/c1ncnc2nc[nH]c12)CC. The average molecular weight is 217 g/mol. The van der Waals surface area contributed by atoms with E-state index < -0.39 is 0 Å².